The molecule has 0 atom stereocenters. The first kappa shape index (κ1) is 18.2. The molecule has 3 aromatic rings. The number of nitro groups is 1. The highest BCUT2D eigenvalue weighted by Crippen LogP contribution is 2.31. The van der Waals surface area contributed by atoms with Gasteiger partial charge in [-0.05, 0) is 42.5 Å². The van der Waals surface area contributed by atoms with Crippen LogP contribution in [0.5, 0.6) is 5.75 Å². The maximum absolute atomic E-state index is 12.4. The molecule has 8 nitrogen and oxygen atoms in total. The molecule has 0 saturated carbocycles. The second-order valence-electron chi connectivity index (χ2n) is 5.54. The number of nitro benzene ring substituents is 1. The van der Waals surface area contributed by atoms with E-state index in [0.29, 0.717) is 11.4 Å². The van der Waals surface area contributed by atoms with E-state index in [2.05, 4.69) is 5.32 Å². The lowest BCUT2D eigenvalue weighted by Crippen LogP contribution is -2.10. The van der Waals surface area contributed by atoms with E-state index in [4.69, 9.17) is 9.92 Å². The van der Waals surface area contributed by atoms with E-state index in [9.17, 15) is 18.5 Å². The number of nitrogens with zero attached hydrogens (tertiary/aromatic N) is 1. The Bertz CT molecular complexity index is 1090. The van der Waals surface area contributed by atoms with Gasteiger partial charge in [0, 0.05) is 17.4 Å². The highest BCUT2D eigenvalue weighted by atomic mass is 32.2. The molecular weight excluding hydrogens is 370 g/mol. The first-order valence-corrected chi connectivity index (χ1v) is 9.16. The molecule has 0 aromatic heterocycles. The molecule has 0 radical (unpaired) electrons. The Morgan fingerprint density at radius 2 is 1.70 bits per heavy atom. The molecule has 0 unspecified atom stereocenters. The second-order valence-corrected chi connectivity index (χ2v) is 7.08. The van der Waals surface area contributed by atoms with Crippen LogP contribution in [0.25, 0.3) is 0 Å². The van der Waals surface area contributed by atoms with Gasteiger partial charge in [0.25, 0.3) is 5.69 Å². The Kier molecular flexibility index (Phi) is 4.95. The zero-order chi connectivity index (χ0) is 19.4. The first-order valence-electron chi connectivity index (χ1n) is 7.76. The summed E-state index contributed by atoms with van der Waals surface area (Å²) in [7, 11) is -4.22. The van der Waals surface area contributed by atoms with Crippen LogP contribution < -0.4 is 15.2 Å². The smallest absolute Gasteiger partial charge is 0.339 e. The van der Waals surface area contributed by atoms with Gasteiger partial charge < -0.3 is 15.2 Å². The van der Waals surface area contributed by atoms with Crippen molar-refractivity contribution in [1.82, 2.24) is 0 Å². The number of nitrogens with one attached hydrogen (secondary N) is 1. The van der Waals surface area contributed by atoms with E-state index in [1.807, 2.05) is 0 Å². The summed E-state index contributed by atoms with van der Waals surface area (Å²) in [6.45, 7) is 0. The highest BCUT2D eigenvalue weighted by Gasteiger charge is 2.23. The van der Waals surface area contributed by atoms with Crippen LogP contribution in [0.15, 0.2) is 77.7 Å². The maximum Gasteiger partial charge on any atom is 0.339 e. The SMILES string of the molecule is Nc1cccc(Nc2ccc(S(=O)(=O)Oc3ccccc3)cc2[N+](=O)[O-])c1. The molecule has 3 aromatic carbocycles. The van der Waals surface area contributed by atoms with Gasteiger partial charge in [-0.3, -0.25) is 10.1 Å². The van der Waals surface area contributed by atoms with Gasteiger partial charge in [-0.15, -0.1) is 0 Å². The van der Waals surface area contributed by atoms with E-state index < -0.39 is 20.7 Å². The molecule has 0 amide bonds. The van der Waals surface area contributed by atoms with Gasteiger partial charge in [-0.2, -0.15) is 8.42 Å². The first-order chi connectivity index (χ1) is 12.8. The number of nitrogen functional groups attached to an aromatic ring is 1. The minimum absolute atomic E-state index is 0.113. The molecule has 0 aliphatic rings. The molecule has 0 bridgehead atoms. The van der Waals surface area contributed by atoms with Gasteiger partial charge in [0.15, 0.2) is 0 Å². The molecule has 0 aliphatic heterocycles. The zero-order valence-electron chi connectivity index (χ0n) is 13.9. The molecule has 0 fully saturated rings. The number of para-hydroxylation sites is 1. The van der Waals surface area contributed by atoms with Crippen LogP contribution in [0, 0.1) is 10.1 Å². The van der Waals surface area contributed by atoms with Gasteiger partial charge in [0.1, 0.15) is 16.3 Å². The topological polar surface area (TPSA) is 125 Å². The van der Waals surface area contributed by atoms with Gasteiger partial charge in [0.05, 0.1) is 4.92 Å². The third-order valence-corrected chi connectivity index (χ3v) is 4.81. The van der Waals surface area contributed by atoms with Crippen LogP contribution in [0.4, 0.5) is 22.7 Å². The van der Waals surface area contributed by atoms with E-state index >= 15 is 0 Å². The largest absolute Gasteiger partial charge is 0.399 e. The minimum atomic E-state index is -4.22. The molecule has 0 heterocycles. The molecule has 0 spiro atoms. The van der Waals surface area contributed by atoms with Crippen molar-refractivity contribution in [2.75, 3.05) is 11.1 Å². The summed E-state index contributed by atoms with van der Waals surface area (Å²) >= 11 is 0. The van der Waals surface area contributed by atoms with Gasteiger partial charge in [-0.25, -0.2) is 0 Å². The zero-order valence-corrected chi connectivity index (χ0v) is 14.7. The van der Waals surface area contributed by atoms with E-state index in [-0.39, 0.29) is 16.3 Å². The Labute approximate surface area is 155 Å². The van der Waals surface area contributed by atoms with Crippen LogP contribution in [0.1, 0.15) is 0 Å². The lowest BCUT2D eigenvalue weighted by molar-refractivity contribution is -0.384. The lowest BCUT2D eigenvalue weighted by Gasteiger charge is -2.10. The molecule has 3 rings (SSSR count). The Morgan fingerprint density at radius 1 is 0.963 bits per heavy atom. The van der Waals surface area contributed by atoms with Crippen molar-refractivity contribution in [2.45, 2.75) is 4.90 Å². The van der Waals surface area contributed by atoms with Crippen molar-refractivity contribution < 1.29 is 17.5 Å². The fourth-order valence-electron chi connectivity index (χ4n) is 2.35. The number of benzene rings is 3. The Hall–Kier alpha value is -3.59. The molecule has 9 heteroatoms. The van der Waals surface area contributed by atoms with Crippen molar-refractivity contribution >= 4 is 32.9 Å². The van der Waals surface area contributed by atoms with E-state index in [1.165, 1.54) is 24.3 Å². The van der Waals surface area contributed by atoms with E-state index in [1.54, 1.807) is 42.5 Å². The van der Waals surface area contributed by atoms with E-state index in [0.717, 1.165) is 6.07 Å². The van der Waals surface area contributed by atoms with Gasteiger partial charge in [0.2, 0.25) is 0 Å². The van der Waals surface area contributed by atoms with Crippen molar-refractivity contribution in [2.24, 2.45) is 0 Å². The van der Waals surface area contributed by atoms with Crippen molar-refractivity contribution in [1.29, 1.82) is 0 Å². The molecule has 27 heavy (non-hydrogen) atoms. The average Bonchev–Trinajstić information content (AvgIpc) is 2.62. The third-order valence-electron chi connectivity index (χ3n) is 3.57. The lowest BCUT2D eigenvalue weighted by atomic mass is 10.2. The normalized spacial score (nSPS) is 11.0. The molecule has 0 saturated heterocycles. The number of hydrogen-bond acceptors (Lipinski definition) is 7. The van der Waals surface area contributed by atoms with Crippen molar-refractivity contribution in [3.05, 3.63) is 82.9 Å². The average molecular weight is 385 g/mol. The predicted molar refractivity (Wildman–Crippen MR) is 101 cm³/mol. The molecule has 0 aliphatic carbocycles. The minimum Gasteiger partial charge on any atom is -0.399 e. The summed E-state index contributed by atoms with van der Waals surface area (Å²) in [6, 6.07) is 18.0. The monoisotopic (exact) mass is 385 g/mol. The van der Waals surface area contributed by atoms with Gasteiger partial charge >= 0.3 is 10.1 Å². The highest BCUT2D eigenvalue weighted by molar-refractivity contribution is 7.87. The summed E-state index contributed by atoms with van der Waals surface area (Å²) < 4.78 is 29.8. The Morgan fingerprint density at radius 3 is 2.37 bits per heavy atom. The summed E-state index contributed by atoms with van der Waals surface area (Å²) in [5, 5.41) is 14.3. The fraction of sp³-hybridized carbons (Fsp3) is 0. The Balaban J connectivity index is 1.94. The fourth-order valence-corrected chi connectivity index (χ4v) is 3.30. The standard InChI is InChI=1S/C18H15N3O5S/c19-13-5-4-6-14(11-13)20-17-10-9-16(12-18(17)21(22)23)27(24,25)26-15-7-2-1-3-8-15/h1-12,20H,19H2. The predicted octanol–water partition coefficient (Wildman–Crippen LogP) is 3.69. The summed E-state index contributed by atoms with van der Waals surface area (Å²) in [4.78, 5) is 10.4. The van der Waals surface area contributed by atoms with Crippen LogP contribution in [-0.4, -0.2) is 13.3 Å². The van der Waals surface area contributed by atoms with Crippen LogP contribution in [0.3, 0.4) is 0 Å². The van der Waals surface area contributed by atoms with Crippen molar-refractivity contribution in [3.63, 3.8) is 0 Å². The maximum atomic E-state index is 12.4. The quantitative estimate of drug-likeness (QED) is 0.287. The number of hydrogen-bond donors (Lipinski definition) is 2. The number of rotatable bonds is 6. The summed E-state index contributed by atoms with van der Waals surface area (Å²) in [5.41, 5.74) is 6.44. The van der Waals surface area contributed by atoms with Gasteiger partial charge in [-0.1, -0.05) is 24.3 Å². The third kappa shape index (κ3) is 4.33. The second kappa shape index (κ2) is 7.34. The summed E-state index contributed by atoms with van der Waals surface area (Å²) in [5.74, 6) is 0.113. The van der Waals surface area contributed by atoms with Crippen molar-refractivity contribution in [3.8, 4) is 5.75 Å². The number of nitrogens with two attached hydrogens (primary N) is 1. The van der Waals surface area contributed by atoms with Crippen LogP contribution >= 0.6 is 0 Å². The van der Waals surface area contributed by atoms with Crippen LogP contribution in [0.2, 0.25) is 0 Å². The molecular formula is C18H15N3O5S. The molecule has 138 valence electrons. The van der Waals surface area contributed by atoms with Crippen LogP contribution in [-0.2, 0) is 10.1 Å². The number of anilines is 3. The molecule has 3 N–H and O–H groups in total. The summed E-state index contributed by atoms with van der Waals surface area (Å²) in [6.07, 6.45) is 0.